The lowest BCUT2D eigenvalue weighted by atomic mass is 9.97. The van der Waals surface area contributed by atoms with Crippen LogP contribution in [-0.4, -0.2) is 21.1 Å². The summed E-state index contributed by atoms with van der Waals surface area (Å²) in [6, 6.07) is 13.9. The molecule has 1 amide bonds. The second-order valence-corrected chi connectivity index (χ2v) is 9.99. The van der Waals surface area contributed by atoms with Crippen LogP contribution in [0.25, 0.3) is 21.0 Å². The third-order valence-corrected chi connectivity index (χ3v) is 7.65. The summed E-state index contributed by atoms with van der Waals surface area (Å²) in [6.07, 6.45) is 4.28. The lowest BCUT2D eigenvalue weighted by molar-refractivity contribution is -0.115. The number of nitrogens with zero attached hydrogens (tertiary/aromatic N) is 1. The minimum Gasteiger partial charge on any atom is -0.325 e. The van der Waals surface area contributed by atoms with Gasteiger partial charge in [-0.15, -0.1) is 11.3 Å². The molecule has 7 heteroatoms. The normalized spacial score (nSPS) is 14.6. The molecule has 4 aromatic rings. The molecule has 1 aliphatic carbocycles. The highest BCUT2D eigenvalue weighted by atomic mass is 32.2. The number of fused-ring (bicyclic) bond motifs is 4. The summed E-state index contributed by atoms with van der Waals surface area (Å²) in [6.45, 7) is 1.82. The number of benzene rings is 2. The van der Waals surface area contributed by atoms with Crippen LogP contribution in [0.4, 0.5) is 5.69 Å². The van der Waals surface area contributed by atoms with Crippen molar-refractivity contribution in [2.45, 2.75) is 43.0 Å². The number of hydrogen-bond acceptors (Lipinski definition) is 5. The topological polar surface area (TPSA) is 74.8 Å². The van der Waals surface area contributed by atoms with E-state index in [4.69, 9.17) is 0 Å². The molecule has 0 spiro atoms. The SMILES string of the molecule is CC(Sc1nc2sc3c(c2c(=O)[nH]1)CCCC3)C(=O)Nc1ccc2ccccc2c1. The molecule has 2 N–H and O–H groups in total. The van der Waals surface area contributed by atoms with Gasteiger partial charge >= 0.3 is 0 Å². The quantitative estimate of drug-likeness (QED) is 0.344. The van der Waals surface area contributed by atoms with Gasteiger partial charge in [0, 0.05) is 10.6 Å². The monoisotopic (exact) mass is 435 g/mol. The lowest BCUT2D eigenvalue weighted by Gasteiger charge is -2.12. The van der Waals surface area contributed by atoms with Gasteiger partial charge in [0.2, 0.25) is 5.91 Å². The molecule has 0 saturated heterocycles. The average molecular weight is 436 g/mol. The number of carbonyl (C=O) groups excluding carboxylic acids is 1. The number of thioether (sulfide) groups is 1. The minimum atomic E-state index is -0.397. The number of thiophene rings is 1. The van der Waals surface area contributed by atoms with E-state index >= 15 is 0 Å². The molecule has 5 rings (SSSR count). The number of aryl methyl sites for hydroxylation is 2. The van der Waals surface area contributed by atoms with Gasteiger partial charge in [0.25, 0.3) is 5.56 Å². The standard InChI is InChI=1S/C23H21N3O2S2/c1-13(20(27)24-16-11-10-14-6-2-3-7-15(14)12-16)29-23-25-21(28)19-17-8-4-5-9-18(17)30-22(19)26-23/h2-3,6-7,10-13H,4-5,8-9H2,1H3,(H,24,27)(H,25,26,28). The summed E-state index contributed by atoms with van der Waals surface area (Å²) < 4.78 is 0. The van der Waals surface area contributed by atoms with E-state index in [0.717, 1.165) is 45.9 Å². The van der Waals surface area contributed by atoms with Gasteiger partial charge in [0.05, 0.1) is 10.6 Å². The van der Waals surface area contributed by atoms with Gasteiger partial charge in [0.1, 0.15) is 4.83 Å². The maximum atomic E-state index is 12.7. The summed E-state index contributed by atoms with van der Waals surface area (Å²) in [5.74, 6) is -0.122. The number of aromatic amines is 1. The van der Waals surface area contributed by atoms with Crippen LogP contribution < -0.4 is 10.9 Å². The van der Waals surface area contributed by atoms with Gasteiger partial charge in [-0.1, -0.05) is 42.1 Å². The smallest absolute Gasteiger partial charge is 0.260 e. The molecule has 2 heterocycles. The van der Waals surface area contributed by atoms with Crippen molar-refractivity contribution >= 4 is 55.7 Å². The molecule has 5 nitrogen and oxygen atoms in total. The van der Waals surface area contributed by atoms with Gasteiger partial charge in [0.15, 0.2) is 5.16 Å². The van der Waals surface area contributed by atoms with Crippen LogP contribution >= 0.6 is 23.1 Å². The molecule has 0 radical (unpaired) electrons. The number of nitrogens with one attached hydrogen (secondary N) is 2. The van der Waals surface area contributed by atoms with Crippen LogP contribution in [0.2, 0.25) is 0 Å². The fourth-order valence-corrected chi connectivity index (χ4v) is 6.05. The number of rotatable bonds is 4. The van der Waals surface area contributed by atoms with Crippen molar-refractivity contribution < 1.29 is 4.79 Å². The molecule has 0 bridgehead atoms. The van der Waals surface area contributed by atoms with Crippen LogP contribution in [0, 0.1) is 0 Å². The van der Waals surface area contributed by atoms with E-state index in [2.05, 4.69) is 15.3 Å². The van der Waals surface area contributed by atoms with Crippen molar-refractivity contribution in [2.75, 3.05) is 5.32 Å². The Hall–Kier alpha value is -2.64. The Balaban J connectivity index is 1.35. The van der Waals surface area contributed by atoms with Crippen molar-refractivity contribution in [1.82, 2.24) is 9.97 Å². The number of amides is 1. The minimum absolute atomic E-state index is 0.0935. The average Bonchev–Trinajstić information content (AvgIpc) is 3.12. The molecule has 152 valence electrons. The predicted molar refractivity (Wildman–Crippen MR) is 125 cm³/mol. The van der Waals surface area contributed by atoms with Gasteiger partial charge in [-0.2, -0.15) is 0 Å². The predicted octanol–water partition coefficient (Wildman–Crippen LogP) is 5.14. The number of carbonyl (C=O) groups is 1. The van der Waals surface area contributed by atoms with Crippen LogP contribution in [-0.2, 0) is 17.6 Å². The van der Waals surface area contributed by atoms with Crippen molar-refractivity contribution in [3.05, 3.63) is 63.3 Å². The van der Waals surface area contributed by atoms with E-state index in [1.165, 1.54) is 28.6 Å². The van der Waals surface area contributed by atoms with E-state index in [1.54, 1.807) is 11.3 Å². The first-order valence-corrected chi connectivity index (χ1v) is 11.8. The van der Waals surface area contributed by atoms with Crippen LogP contribution in [0.3, 0.4) is 0 Å². The van der Waals surface area contributed by atoms with Crippen molar-refractivity contribution in [1.29, 1.82) is 0 Å². The highest BCUT2D eigenvalue weighted by Gasteiger charge is 2.21. The number of H-pyrrole nitrogens is 1. The largest absolute Gasteiger partial charge is 0.325 e. The summed E-state index contributed by atoms with van der Waals surface area (Å²) in [7, 11) is 0. The maximum Gasteiger partial charge on any atom is 0.260 e. The molecule has 2 aromatic heterocycles. The van der Waals surface area contributed by atoms with Crippen LogP contribution in [0.1, 0.15) is 30.2 Å². The first-order valence-electron chi connectivity index (χ1n) is 10.1. The molecular weight excluding hydrogens is 414 g/mol. The molecule has 1 atom stereocenters. The lowest BCUT2D eigenvalue weighted by Crippen LogP contribution is -2.23. The Labute approximate surface area is 181 Å². The second kappa shape index (κ2) is 7.89. The van der Waals surface area contributed by atoms with Gasteiger partial charge in [-0.25, -0.2) is 4.98 Å². The van der Waals surface area contributed by atoms with E-state index in [-0.39, 0.29) is 11.5 Å². The summed E-state index contributed by atoms with van der Waals surface area (Å²) in [5.41, 5.74) is 1.84. The second-order valence-electron chi connectivity index (χ2n) is 7.57. The van der Waals surface area contributed by atoms with Crippen LogP contribution in [0.15, 0.2) is 52.4 Å². The van der Waals surface area contributed by atoms with E-state index < -0.39 is 5.25 Å². The number of hydrogen-bond donors (Lipinski definition) is 2. The number of aromatic nitrogens is 2. The third-order valence-electron chi connectivity index (χ3n) is 5.48. The van der Waals surface area contributed by atoms with E-state index in [1.807, 2.05) is 49.4 Å². The summed E-state index contributed by atoms with van der Waals surface area (Å²) in [4.78, 5) is 35.0. The fourth-order valence-electron chi connectivity index (χ4n) is 3.93. The van der Waals surface area contributed by atoms with E-state index in [0.29, 0.717) is 5.16 Å². The molecule has 30 heavy (non-hydrogen) atoms. The zero-order valence-electron chi connectivity index (χ0n) is 16.5. The first-order chi connectivity index (χ1) is 14.6. The molecule has 1 aliphatic rings. The zero-order chi connectivity index (χ0) is 20.7. The Morgan fingerprint density at radius 3 is 2.83 bits per heavy atom. The molecule has 2 aromatic carbocycles. The highest BCUT2D eigenvalue weighted by molar-refractivity contribution is 8.00. The van der Waals surface area contributed by atoms with E-state index in [9.17, 15) is 9.59 Å². The van der Waals surface area contributed by atoms with Crippen LogP contribution in [0.5, 0.6) is 0 Å². The molecule has 0 saturated carbocycles. The highest BCUT2D eigenvalue weighted by Crippen LogP contribution is 2.34. The summed E-state index contributed by atoms with van der Waals surface area (Å²) in [5, 5.41) is 6.02. The Kier molecular flexibility index (Phi) is 5.08. The van der Waals surface area contributed by atoms with Crippen molar-refractivity contribution in [3.8, 4) is 0 Å². The van der Waals surface area contributed by atoms with Gasteiger partial charge < -0.3 is 10.3 Å². The zero-order valence-corrected chi connectivity index (χ0v) is 18.2. The fraction of sp³-hybridized carbons (Fsp3) is 0.261. The third kappa shape index (κ3) is 3.63. The van der Waals surface area contributed by atoms with Crippen molar-refractivity contribution in [3.63, 3.8) is 0 Å². The Morgan fingerprint density at radius 2 is 1.97 bits per heavy atom. The maximum absolute atomic E-state index is 12.7. The number of anilines is 1. The molecular formula is C23H21N3O2S2. The molecule has 0 fully saturated rings. The Bertz CT molecular complexity index is 1330. The summed E-state index contributed by atoms with van der Waals surface area (Å²) >= 11 is 2.90. The molecule has 1 unspecified atom stereocenters. The van der Waals surface area contributed by atoms with Gasteiger partial charge in [-0.05, 0) is 61.1 Å². The molecule has 0 aliphatic heterocycles. The van der Waals surface area contributed by atoms with Gasteiger partial charge in [-0.3, -0.25) is 9.59 Å². The van der Waals surface area contributed by atoms with Crippen molar-refractivity contribution in [2.24, 2.45) is 0 Å². The Morgan fingerprint density at radius 1 is 1.17 bits per heavy atom. The first kappa shape index (κ1) is 19.3.